The van der Waals surface area contributed by atoms with E-state index in [9.17, 15) is 4.39 Å². The van der Waals surface area contributed by atoms with E-state index in [0.717, 1.165) is 0 Å². The number of rotatable bonds is 2. The Morgan fingerprint density at radius 3 is 2.81 bits per heavy atom. The summed E-state index contributed by atoms with van der Waals surface area (Å²) in [4.78, 5) is 8.12. The highest BCUT2D eigenvalue weighted by Gasteiger charge is 2.07. The van der Waals surface area contributed by atoms with Crippen LogP contribution in [0.15, 0.2) is 35.1 Å². The van der Waals surface area contributed by atoms with Crippen LogP contribution in [-0.4, -0.2) is 9.97 Å². The van der Waals surface area contributed by atoms with Crippen molar-refractivity contribution in [2.24, 2.45) is 0 Å². The molecule has 1 aromatic heterocycles. The minimum atomic E-state index is -0.260. The molecule has 0 aliphatic heterocycles. The van der Waals surface area contributed by atoms with Gasteiger partial charge in [0.25, 0.3) is 0 Å². The van der Waals surface area contributed by atoms with Crippen molar-refractivity contribution in [3.05, 3.63) is 52.1 Å². The first-order valence-electron chi connectivity index (χ1n) is 4.67. The van der Waals surface area contributed by atoms with E-state index in [4.69, 9.17) is 5.73 Å². The first-order valence-corrected chi connectivity index (χ1v) is 5.46. The molecule has 5 heteroatoms. The van der Waals surface area contributed by atoms with Crippen molar-refractivity contribution in [3.8, 4) is 0 Å². The van der Waals surface area contributed by atoms with Crippen molar-refractivity contribution < 1.29 is 4.39 Å². The Hall–Kier alpha value is -1.49. The van der Waals surface area contributed by atoms with Gasteiger partial charge in [0.2, 0.25) is 0 Å². The van der Waals surface area contributed by atoms with Crippen LogP contribution in [0.4, 0.5) is 10.2 Å². The van der Waals surface area contributed by atoms with Crippen LogP contribution in [0.1, 0.15) is 11.3 Å². The number of halogens is 2. The molecular weight excluding hydrogens is 273 g/mol. The Morgan fingerprint density at radius 1 is 1.31 bits per heavy atom. The number of nitrogens with two attached hydrogens (primary N) is 1. The maximum atomic E-state index is 13.4. The van der Waals surface area contributed by atoms with Crippen molar-refractivity contribution >= 4 is 21.7 Å². The molecule has 1 aromatic carbocycles. The van der Waals surface area contributed by atoms with E-state index >= 15 is 0 Å². The lowest BCUT2D eigenvalue weighted by molar-refractivity contribution is 0.613. The monoisotopic (exact) mass is 281 g/mol. The number of nitrogens with zero attached hydrogens (tertiary/aromatic N) is 2. The smallest absolute Gasteiger partial charge is 0.145 e. The number of anilines is 1. The van der Waals surface area contributed by atoms with Gasteiger partial charge in [-0.05, 0) is 27.6 Å². The zero-order chi connectivity index (χ0) is 11.5. The Bertz CT molecular complexity index is 516. The van der Waals surface area contributed by atoms with Gasteiger partial charge in [0.1, 0.15) is 16.2 Å². The third-order valence-corrected chi connectivity index (χ3v) is 2.55. The van der Waals surface area contributed by atoms with Crippen molar-refractivity contribution in [2.75, 3.05) is 5.73 Å². The van der Waals surface area contributed by atoms with Crippen molar-refractivity contribution in [1.29, 1.82) is 0 Å². The summed E-state index contributed by atoms with van der Waals surface area (Å²) in [5.41, 5.74) is 6.80. The van der Waals surface area contributed by atoms with Crippen molar-refractivity contribution in [2.45, 2.75) is 6.42 Å². The molecule has 0 amide bonds. The lowest BCUT2D eigenvalue weighted by Crippen LogP contribution is -2.03. The maximum absolute atomic E-state index is 13.4. The van der Waals surface area contributed by atoms with Gasteiger partial charge in [-0.25, -0.2) is 14.4 Å². The summed E-state index contributed by atoms with van der Waals surface area (Å²) in [5.74, 6) is 0.0649. The predicted octanol–water partition coefficient (Wildman–Crippen LogP) is 2.55. The molecule has 0 unspecified atom stereocenters. The quantitative estimate of drug-likeness (QED) is 0.921. The van der Waals surface area contributed by atoms with Gasteiger partial charge < -0.3 is 5.73 Å². The van der Waals surface area contributed by atoms with E-state index in [0.29, 0.717) is 28.1 Å². The average Bonchev–Trinajstić information content (AvgIpc) is 2.27. The minimum absolute atomic E-state index is 0.260. The fraction of sp³-hybridized carbons (Fsp3) is 0.0909. The van der Waals surface area contributed by atoms with Gasteiger partial charge in [-0.15, -0.1) is 0 Å². The second-order valence-corrected chi connectivity index (χ2v) is 4.11. The molecule has 0 fully saturated rings. The van der Waals surface area contributed by atoms with E-state index in [1.165, 1.54) is 12.3 Å². The van der Waals surface area contributed by atoms with Crippen LogP contribution >= 0.6 is 15.9 Å². The molecule has 0 saturated carbocycles. The number of nitrogen functional groups attached to an aromatic ring is 1. The summed E-state index contributed by atoms with van der Waals surface area (Å²) < 4.78 is 14.0. The summed E-state index contributed by atoms with van der Waals surface area (Å²) in [6, 6.07) is 6.54. The fourth-order valence-electron chi connectivity index (χ4n) is 1.36. The Balaban J connectivity index is 2.34. The Kier molecular flexibility index (Phi) is 3.14. The molecule has 3 nitrogen and oxygen atoms in total. The molecule has 16 heavy (non-hydrogen) atoms. The predicted molar refractivity (Wildman–Crippen MR) is 63.4 cm³/mol. The van der Waals surface area contributed by atoms with Crippen molar-refractivity contribution in [3.63, 3.8) is 0 Å². The van der Waals surface area contributed by atoms with Gasteiger partial charge >= 0.3 is 0 Å². The summed E-state index contributed by atoms with van der Waals surface area (Å²) in [5, 5.41) is 0. The van der Waals surface area contributed by atoms with Gasteiger partial charge in [-0.3, -0.25) is 0 Å². The molecule has 2 rings (SSSR count). The van der Waals surface area contributed by atoms with Crippen LogP contribution in [0.25, 0.3) is 0 Å². The zero-order valence-electron chi connectivity index (χ0n) is 8.32. The van der Waals surface area contributed by atoms with Crippen LogP contribution in [0.2, 0.25) is 0 Å². The molecule has 1 heterocycles. The lowest BCUT2D eigenvalue weighted by atomic mass is 10.1. The van der Waals surface area contributed by atoms with Crippen LogP contribution in [0.5, 0.6) is 0 Å². The fourth-order valence-corrected chi connectivity index (χ4v) is 1.68. The van der Waals surface area contributed by atoms with E-state index in [2.05, 4.69) is 25.9 Å². The molecule has 2 N–H and O–H groups in total. The Morgan fingerprint density at radius 2 is 2.06 bits per heavy atom. The SMILES string of the molecule is Nc1ncc(Br)nc1Cc1ccccc1F. The summed E-state index contributed by atoms with van der Waals surface area (Å²) in [6.07, 6.45) is 1.85. The van der Waals surface area contributed by atoms with Crippen LogP contribution in [0, 0.1) is 5.82 Å². The standard InChI is InChI=1S/C11H9BrFN3/c12-10-6-15-11(14)9(16-10)5-7-3-1-2-4-8(7)13/h1-4,6H,5H2,(H2,14,15). The minimum Gasteiger partial charge on any atom is -0.382 e. The van der Waals surface area contributed by atoms with Gasteiger partial charge in [-0.1, -0.05) is 18.2 Å². The second kappa shape index (κ2) is 4.57. The Labute approximate surface area is 101 Å². The molecule has 0 spiro atoms. The first kappa shape index (κ1) is 11.0. The lowest BCUT2D eigenvalue weighted by Gasteiger charge is -2.05. The normalized spacial score (nSPS) is 10.4. The highest BCUT2D eigenvalue weighted by atomic mass is 79.9. The number of hydrogen-bond acceptors (Lipinski definition) is 3. The third-order valence-electron chi connectivity index (χ3n) is 2.16. The molecule has 0 aliphatic rings. The maximum Gasteiger partial charge on any atom is 0.145 e. The zero-order valence-corrected chi connectivity index (χ0v) is 9.91. The van der Waals surface area contributed by atoms with Crippen LogP contribution in [-0.2, 0) is 6.42 Å². The summed E-state index contributed by atoms with van der Waals surface area (Å²) in [6.45, 7) is 0. The third kappa shape index (κ3) is 2.36. The van der Waals surface area contributed by atoms with Gasteiger partial charge in [0.05, 0.1) is 11.9 Å². The van der Waals surface area contributed by atoms with E-state index in [1.807, 2.05) is 0 Å². The highest BCUT2D eigenvalue weighted by Crippen LogP contribution is 2.16. The first-order chi connectivity index (χ1) is 7.66. The number of benzene rings is 1. The van der Waals surface area contributed by atoms with Crippen molar-refractivity contribution in [1.82, 2.24) is 9.97 Å². The van der Waals surface area contributed by atoms with Crippen LogP contribution < -0.4 is 5.73 Å². The summed E-state index contributed by atoms with van der Waals surface area (Å²) >= 11 is 3.21. The van der Waals surface area contributed by atoms with Crippen LogP contribution in [0.3, 0.4) is 0 Å². The van der Waals surface area contributed by atoms with E-state index in [-0.39, 0.29) is 5.82 Å². The van der Waals surface area contributed by atoms with Gasteiger partial charge in [-0.2, -0.15) is 0 Å². The average molecular weight is 282 g/mol. The largest absolute Gasteiger partial charge is 0.382 e. The number of aromatic nitrogens is 2. The molecular formula is C11H9BrFN3. The topological polar surface area (TPSA) is 51.8 Å². The van der Waals surface area contributed by atoms with Gasteiger partial charge in [0, 0.05) is 6.42 Å². The molecule has 0 saturated heterocycles. The molecule has 0 aliphatic carbocycles. The second-order valence-electron chi connectivity index (χ2n) is 3.29. The van der Waals surface area contributed by atoms with Gasteiger partial charge in [0.15, 0.2) is 0 Å². The molecule has 0 atom stereocenters. The number of hydrogen-bond donors (Lipinski definition) is 1. The molecule has 0 bridgehead atoms. The summed E-state index contributed by atoms with van der Waals surface area (Å²) in [7, 11) is 0. The highest BCUT2D eigenvalue weighted by molar-refractivity contribution is 9.10. The molecule has 0 radical (unpaired) electrons. The molecule has 2 aromatic rings. The van der Waals surface area contributed by atoms with E-state index in [1.54, 1.807) is 18.2 Å². The van der Waals surface area contributed by atoms with E-state index < -0.39 is 0 Å². The molecule has 82 valence electrons.